The average Bonchev–Trinajstić information content (AvgIpc) is 2.93. The molecule has 1 heterocycles. The fraction of sp³-hybridized carbons (Fsp3) is 0.389. The van der Waals surface area contributed by atoms with E-state index >= 15 is 0 Å². The molecule has 24 heavy (non-hydrogen) atoms. The largest absolute Gasteiger partial charge is 0.321 e. The van der Waals surface area contributed by atoms with Crippen LogP contribution in [-0.4, -0.2) is 15.7 Å². The van der Waals surface area contributed by atoms with Gasteiger partial charge in [0.1, 0.15) is 0 Å². The van der Waals surface area contributed by atoms with Gasteiger partial charge >= 0.3 is 0 Å². The lowest BCUT2D eigenvalue weighted by Crippen LogP contribution is -2.15. The minimum absolute atomic E-state index is 0.236. The van der Waals surface area contributed by atoms with E-state index in [1.165, 1.54) is 0 Å². The molecular formula is C18H21ClN4O. The van der Waals surface area contributed by atoms with Crippen LogP contribution in [0.2, 0.25) is 5.02 Å². The van der Waals surface area contributed by atoms with Crippen LogP contribution in [0, 0.1) is 18.3 Å². The van der Waals surface area contributed by atoms with Gasteiger partial charge in [0, 0.05) is 5.69 Å². The second-order valence-corrected chi connectivity index (χ2v) is 6.07. The number of hydrogen-bond acceptors (Lipinski definition) is 3. The zero-order valence-electron chi connectivity index (χ0n) is 14.1. The van der Waals surface area contributed by atoms with Crippen LogP contribution in [-0.2, 0) is 6.42 Å². The molecule has 5 nitrogen and oxygen atoms in total. The number of rotatable bonds is 6. The van der Waals surface area contributed by atoms with Gasteiger partial charge in [0.2, 0.25) is 0 Å². The molecular weight excluding hydrogens is 324 g/mol. The number of carbonyl (C=O) groups excluding carboxylic acids is 1. The zero-order valence-corrected chi connectivity index (χ0v) is 14.9. The molecule has 0 bridgehead atoms. The summed E-state index contributed by atoms with van der Waals surface area (Å²) in [6.07, 6.45) is 3.81. The summed E-state index contributed by atoms with van der Waals surface area (Å²) < 4.78 is 1.91. The summed E-state index contributed by atoms with van der Waals surface area (Å²) in [6, 6.07) is 7.56. The quantitative estimate of drug-likeness (QED) is 0.837. The van der Waals surface area contributed by atoms with Crippen molar-refractivity contribution < 1.29 is 4.79 Å². The highest BCUT2D eigenvalue weighted by molar-refractivity contribution is 6.34. The molecule has 0 saturated carbocycles. The maximum atomic E-state index is 12.5. The van der Waals surface area contributed by atoms with E-state index in [0.29, 0.717) is 22.3 Å². The lowest BCUT2D eigenvalue weighted by atomic mass is 10.1. The highest BCUT2D eigenvalue weighted by Gasteiger charge is 2.18. The van der Waals surface area contributed by atoms with Crippen LogP contribution in [0.3, 0.4) is 0 Å². The van der Waals surface area contributed by atoms with Crippen molar-refractivity contribution in [3.05, 3.63) is 46.2 Å². The lowest BCUT2D eigenvalue weighted by molar-refractivity contribution is 0.102. The second kappa shape index (κ2) is 7.98. The minimum atomic E-state index is -0.236. The smallest absolute Gasteiger partial charge is 0.259 e. The third kappa shape index (κ3) is 3.77. The highest BCUT2D eigenvalue weighted by atomic mass is 35.5. The molecule has 1 N–H and O–H groups in total. The molecule has 1 aromatic heterocycles. The molecule has 0 aliphatic heterocycles. The van der Waals surface area contributed by atoms with Gasteiger partial charge in [0.15, 0.2) is 0 Å². The number of nitrogens with zero attached hydrogens (tertiary/aromatic N) is 3. The van der Waals surface area contributed by atoms with Gasteiger partial charge in [-0.05, 0) is 37.5 Å². The van der Waals surface area contributed by atoms with Crippen LogP contribution in [0.1, 0.15) is 54.3 Å². The van der Waals surface area contributed by atoms with Crippen LogP contribution in [0.15, 0.2) is 24.4 Å². The van der Waals surface area contributed by atoms with Gasteiger partial charge in [0.25, 0.3) is 5.91 Å². The third-order valence-electron chi connectivity index (χ3n) is 4.14. The number of aromatic nitrogens is 2. The van der Waals surface area contributed by atoms with E-state index in [1.54, 1.807) is 24.4 Å². The van der Waals surface area contributed by atoms with E-state index in [4.69, 9.17) is 16.9 Å². The van der Waals surface area contributed by atoms with Crippen LogP contribution >= 0.6 is 11.6 Å². The Morgan fingerprint density at radius 3 is 2.71 bits per heavy atom. The lowest BCUT2D eigenvalue weighted by Gasteiger charge is -2.15. The molecule has 1 aromatic carbocycles. The van der Waals surface area contributed by atoms with Gasteiger partial charge in [-0.1, -0.05) is 31.5 Å². The normalized spacial score (nSPS) is 10.7. The van der Waals surface area contributed by atoms with Crippen LogP contribution in [0.4, 0.5) is 5.69 Å². The number of anilines is 1. The number of amides is 1. The average molecular weight is 345 g/mol. The number of halogens is 1. The number of hydrogen-bond donors (Lipinski definition) is 1. The van der Waals surface area contributed by atoms with Crippen molar-refractivity contribution in [1.29, 1.82) is 5.26 Å². The van der Waals surface area contributed by atoms with Crippen molar-refractivity contribution in [3.63, 3.8) is 0 Å². The van der Waals surface area contributed by atoms with Gasteiger partial charge in [-0.3, -0.25) is 9.48 Å². The van der Waals surface area contributed by atoms with Gasteiger partial charge in [-0.15, -0.1) is 0 Å². The van der Waals surface area contributed by atoms with Crippen molar-refractivity contribution in [2.24, 2.45) is 0 Å². The summed E-state index contributed by atoms with van der Waals surface area (Å²) in [5.74, 6) is -0.236. The Bertz CT molecular complexity index is 772. The Morgan fingerprint density at radius 1 is 1.42 bits per heavy atom. The van der Waals surface area contributed by atoms with E-state index in [1.807, 2.05) is 11.6 Å². The molecule has 0 aliphatic carbocycles. The first-order chi connectivity index (χ1) is 11.5. The fourth-order valence-corrected chi connectivity index (χ4v) is 2.95. The summed E-state index contributed by atoms with van der Waals surface area (Å²) >= 11 is 6.19. The summed E-state index contributed by atoms with van der Waals surface area (Å²) in [5.41, 5.74) is 2.73. The van der Waals surface area contributed by atoms with E-state index in [9.17, 15) is 4.79 Å². The topological polar surface area (TPSA) is 70.7 Å². The molecule has 2 rings (SSSR count). The first kappa shape index (κ1) is 18.0. The van der Waals surface area contributed by atoms with Crippen LogP contribution < -0.4 is 5.32 Å². The SMILES string of the molecule is CCC(CC)n1ncc(C(=O)Nc2ccc(CC#N)cc2Cl)c1C. The Labute approximate surface area is 147 Å². The maximum Gasteiger partial charge on any atom is 0.259 e. The Hall–Kier alpha value is -2.32. The Kier molecular flexibility index (Phi) is 5.99. The Morgan fingerprint density at radius 2 is 2.12 bits per heavy atom. The van der Waals surface area contributed by atoms with Crippen LogP contribution in [0.25, 0.3) is 0 Å². The molecule has 0 aliphatic rings. The monoisotopic (exact) mass is 344 g/mol. The number of nitrogens with one attached hydrogen (secondary N) is 1. The summed E-state index contributed by atoms with van der Waals surface area (Å²) in [6.45, 7) is 6.12. The summed E-state index contributed by atoms with van der Waals surface area (Å²) in [7, 11) is 0. The van der Waals surface area contributed by atoms with Crippen molar-refractivity contribution >= 4 is 23.2 Å². The van der Waals surface area contributed by atoms with E-state index < -0.39 is 0 Å². The zero-order chi connectivity index (χ0) is 17.7. The van der Waals surface area contributed by atoms with Gasteiger partial charge in [-0.2, -0.15) is 10.4 Å². The van der Waals surface area contributed by atoms with Gasteiger partial charge in [-0.25, -0.2) is 0 Å². The van der Waals surface area contributed by atoms with Crippen LogP contribution in [0.5, 0.6) is 0 Å². The molecule has 0 saturated heterocycles. The molecule has 0 fully saturated rings. The third-order valence-corrected chi connectivity index (χ3v) is 4.46. The van der Waals surface area contributed by atoms with E-state index in [-0.39, 0.29) is 12.3 Å². The van der Waals surface area contributed by atoms with E-state index in [2.05, 4.69) is 30.3 Å². The standard InChI is InChI=1S/C18H21ClN4O/c1-4-14(5-2)23-12(3)15(11-21-23)18(24)22-17-7-6-13(8-9-20)10-16(17)19/h6-7,10-11,14H,4-5,8H2,1-3H3,(H,22,24). The minimum Gasteiger partial charge on any atom is -0.321 e. The molecule has 0 spiro atoms. The van der Waals surface area contributed by atoms with Gasteiger partial charge in [0.05, 0.1) is 41.0 Å². The van der Waals surface area contributed by atoms with Gasteiger partial charge < -0.3 is 5.32 Å². The predicted octanol–water partition coefficient (Wildman–Crippen LogP) is 4.52. The Balaban J connectivity index is 2.20. The molecule has 2 aromatic rings. The van der Waals surface area contributed by atoms with Crippen molar-refractivity contribution in [2.75, 3.05) is 5.32 Å². The van der Waals surface area contributed by atoms with Crippen molar-refractivity contribution in [3.8, 4) is 6.07 Å². The number of carbonyl (C=O) groups is 1. The fourth-order valence-electron chi connectivity index (χ4n) is 2.70. The molecule has 126 valence electrons. The molecule has 0 atom stereocenters. The van der Waals surface area contributed by atoms with Crippen molar-refractivity contribution in [1.82, 2.24) is 9.78 Å². The first-order valence-corrected chi connectivity index (χ1v) is 8.40. The summed E-state index contributed by atoms with van der Waals surface area (Å²) in [5, 5.41) is 16.3. The summed E-state index contributed by atoms with van der Waals surface area (Å²) in [4.78, 5) is 12.5. The molecule has 6 heteroatoms. The number of nitriles is 1. The van der Waals surface area contributed by atoms with Crippen molar-refractivity contribution in [2.45, 2.75) is 46.1 Å². The predicted molar refractivity (Wildman–Crippen MR) is 95.3 cm³/mol. The maximum absolute atomic E-state index is 12.5. The van der Waals surface area contributed by atoms with E-state index in [0.717, 1.165) is 24.1 Å². The second-order valence-electron chi connectivity index (χ2n) is 5.66. The highest BCUT2D eigenvalue weighted by Crippen LogP contribution is 2.25. The molecule has 1 amide bonds. The number of benzene rings is 1. The molecule has 0 unspecified atom stereocenters. The molecule has 0 radical (unpaired) electrons. The first-order valence-electron chi connectivity index (χ1n) is 8.02.